The summed E-state index contributed by atoms with van der Waals surface area (Å²) in [7, 11) is -3.56. The first-order valence-corrected chi connectivity index (χ1v) is 13.6. The summed E-state index contributed by atoms with van der Waals surface area (Å²) in [5, 5.41) is 0. The van der Waals surface area contributed by atoms with Crippen LogP contribution in [0.4, 0.5) is 0 Å². The van der Waals surface area contributed by atoms with E-state index in [0.717, 1.165) is 38.9 Å². The molecule has 0 saturated carbocycles. The average Bonchev–Trinajstić information content (AvgIpc) is 2.90. The highest BCUT2D eigenvalue weighted by Crippen LogP contribution is 2.21. The average molecular weight is 500 g/mol. The molecule has 1 atom stereocenters. The van der Waals surface area contributed by atoms with Crippen molar-refractivity contribution in [3.63, 3.8) is 0 Å². The molecular formula is C26H33N3O5S. The Labute approximate surface area is 207 Å². The molecule has 8 nitrogen and oxygen atoms in total. The Kier molecular flexibility index (Phi) is 8.20. The highest BCUT2D eigenvalue weighted by Gasteiger charge is 2.29. The highest BCUT2D eigenvalue weighted by atomic mass is 32.2. The molecule has 1 unspecified atom stereocenters. The molecule has 2 aromatic carbocycles. The number of sulfonamides is 1. The van der Waals surface area contributed by atoms with Gasteiger partial charge in [0.05, 0.1) is 10.5 Å². The van der Waals surface area contributed by atoms with Crippen LogP contribution in [0.2, 0.25) is 0 Å². The molecule has 0 aliphatic carbocycles. The first-order valence-electron chi connectivity index (χ1n) is 12.2. The van der Waals surface area contributed by atoms with E-state index in [1.165, 1.54) is 34.1 Å². The number of carbonyl (C=O) groups is 2. The lowest BCUT2D eigenvalue weighted by atomic mass is 10.2. The highest BCUT2D eigenvalue weighted by molar-refractivity contribution is 7.89. The van der Waals surface area contributed by atoms with Crippen molar-refractivity contribution in [2.75, 3.05) is 39.3 Å². The van der Waals surface area contributed by atoms with E-state index in [-0.39, 0.29) is 16.4 Å². The minimum atomic E-state index is -3.56. The quantitative estimate of drug-likeness (QED) is 0.545. The van der Waals surface area contributed by atoms with Gasteiger partial charge >= 0.3 is 5.97 Å². The van der Waals surface area contributed by atoms with Gasteiger partial charge in [-0.3, -0.25) is 9.69 Å². The number of esters is 1. The fourth-order valence-corrected chi connectivity index (χ4v) is 6.04. The zero-order valence-electron chi connectivity index (χ0n) is 20.1. The van der Waals surface area contributed by atoms with Gasteiger partial charge in [0.1, 0.15) is 0 Å². The lowest BCUT2D eigenvalue weighted by Crippen LogP contribution is -2.51. The summed E-state index contributed by atoms with van der Waals surface area (Å²) in [4.78, 5) is 29.6. The van der Waals surface area contributed by atoms with E-state index in [1.807, 2.05) is 18.2 Å². The van der Waals surface area contributed by atoms with Crippen LogP contribution in [0, 0.1) is 0 Å². The molecule has 0 aromatic heterocycles. The molecule has 35 heavy (non-hydrogen) atoms. The largest absolute Gasteiger partial charge is 0.449 e. The SMILES string of the molecule is CC(OC(=O)c1ccc(S(=O)(=O)N2CCCCC2)cc1)C(=O)N1CCN(Cc2ccccc2)CC1. The summed E-state index contributed by atoms with van der Waals surface area (Å²) >= 11 is 0. The normalized spacial score (nSPS) is 18.7. The van der Waals surface area contributed by atoms with Crippen molar-refractivity contribution in [1.82, 2.24) is 14.1 Å². The molecule has 2 aliphatic heterocycles. The van der Waals surface area contributed by atoms with Crippen molar-refractivity contribution in [3.05, 3.63) is 65.7 Å². The Morgan fingerprint density at radius 2 is 1.49 bits per heavy atom. The van der Waals surface area contributed by atoms with Gasteiger partial charge in [-0.05, 0) is 49.6 Å². The summed E-state index contributed by atoms with van der Waals surface area (Å²) in [5.74, 6) is -0.863. The summed E-state index contributed by atoms with van der Waals surface area (Å²) in [6.07, 6.45) is 1.84. The van der Waals surface area contributed by atoms with Crippen molar-refractivity contribution >= 4 is 21.9 Å². The van der Waals surface area contributed by atoms with Gasteiger partial charge in [-0.2, -0.15) is 4.31 Å². The first kappa shape index (κ1) is 25.3. The third-order valence-corrected chi connectivity index (χ3v) is 8.52. The van der Waals surface area contributed by atoms with Crippen LogP contribution in [0.5, 0.6) is 0 Å². The van der Waals surface area contributed by atoms with E-state index in [1.54, 1.807) is 11.8 Å². The molecule has 0 spiro atoms. The van der Waals surface area contributed by atoms with Gasteiger partial charge in [-0.25, -0.2) is 13.2 Å². The van der Waals surface area contributed by atoms with Crippen LogP contribution >= 0.6 is 0 Å². The number of hydrogen-bond acceptors (Lipinski definition) is 6. The van der Waals surface area contributed by atoms with Crippen molar-refractivity contribution in [1.29, 1.82) is 0 Å². The number of hydrogen-bond donors (Lipinski definition) is 0. The number of carbonyl (C=O) groups excluding carboxylic acids is 2. The van der Waals surface area contributed by atoms with E-state index in [0.29, 0.717) is 26.2 Å². The molecule has 0 bridgehead atoms. The number of benzene rings is 2. The maximum absolute atomic E-state index is 12.8. The van der Waals surface area contributed by atoms with Crippen LogP contribution in [-0.4, -0.2) is 79.8 Å². The van der Waals surface area contributed by atoms with Gasteiger partial charge in [-0.15, -0.1) is 0 Å². The van der Waals surface area contributed by atoms with Crippen LogP contribution in [0.3, 0.4) is 0 Å². The second kappa shape index (κ2) is 11.3. The maximum Gasteiger partial charge on any atom is 0.338 e. The molecule has 0 radical (unpaired) electrons. The Bertz CT molecular complexity index is 1110. The Hall–Kier alpha value is -2.75. The summed E-state index contributed by atoms with van der Waals surface area (Å²) in [6.45, 7) is 6.14. The second-order valence-electron chi connectivity index (χ2n) is 9.12. The smallest absolute Gasteiger partial charge is 0.338 e. The van der Waals surface area contributed by atoms with Crippen molar-refractivity contribution < 1.29 is 22.7 Å². The topological polar surface area (TPSA) is 87.2 Å². The molecule has 4 rings (SSSR count). The maximum atomic E-state index is 12.8. The van der Waals surface area contributed by atoms with Gasteiger partial charge in [0, 0.05) is 45.8 Å². The van der Waals surface area contributed by atoms with Gasteiger partial charge in [0.25, 0.3) is 5.91 Å². The van der Waals surface area contributed by atoms with Crippen molar-refractivity contribution in [3.8, 4) is 0 Å². The molecule has 2 saturated heterocycles. The fourth-order valence-electron chi connectivity index (χ4n) is 4.52. The minimum Gasteiger partial charge on any atom is -0.449 e. The lowest BCUT2D eigenvalue weighted by Gasteiger charge is -2.35. The van der Waals surface area contributed by atoms with Crippen LogP contribution in [0.25, 0.3) is 0 Å². The fraction of sp³-hybridized carbons (Fsp3) is 0.462. The van der Waals surface area contributed by atoms with E-state index >= 15 is 0 Å². The van der Waals surface area contributed by atoms with Crippen molar-refractivity contribution in [2.24, 2.45) is 0 Å². The van der Waals surface area contributed by atoms with Crippen molar-refractivity contribution in [2.45, 2.75) is 43.7 Å². The standard InChI is InChI=1S/C26H33N3O5S/c1-21(25(30)28-18-16-27(17-19-28)20-22-8-4-2-5-9-22)34-26(31)23-10-12-24(13-11-23)35(32,33)29-14-6-3-7-15-29/h2,4-5,8-13,21H,3,6-7,14-20H2,1H3. The predicted octanol–water partition coefficient (Wildman–Crippen LogP) is 2.75. The number of amides is 1. The van der Waals surface area contributed by atoms with Crippen LogP contribution in [0.1, 0.15) is 42.1 Å². The molecule has 188 valence electrons. The first-order chi connectivity index (χ1) is 16.8. The summed E-state index contributed by atoms with van der Waals surface area (Å²) in [5.41, 5.74) is 1.46. The van der Waals surface area contributed by atoms with E-state index in [4.69, 9.17) is 4.74 Å². The monoisotopic (exact) mass is 499 g/mol. The Morgan fingerprint density at radius 3 is 2.11 bits per heavy atom. The summed E-state index contributed by atoms with van der Waals surface area (Å²) in [6, 6.07) is 16.0. The molecule has 1 amide bonds. The number of rotatable bonds is 7. The zero-order valence-corrected chi connectivity index (χ0v) is 21.0. The van der Waals surface area contributed by atoms with E-state index in [2.05, 4.69) is 17.0 Å². The second-order valence-corrected chi connectivity index (χ2v) is 11.1. The predicted molar refractivity (Wildman–Crippen MR) is 132 cm³/mol. The molecule has 2 fully saturated rings. The number of ether oxygens (including phenoxy) is 1. The van der Waals surface area contributed by atoms with E-state index < -0.39 is 22.1 Å². The van der Waals surface area contributed by atoms with Gasteiger partial charge in [0.15, 0.2) is 6.10 Å². The molecule has 2 aliphatic rings. The van der Waals surface area contributed by atoms with Crippen LogP contribution in [-0.2, 0) is 26.1 Å². The molecule has 2 aromatic rings. The van der Waals surface area contributed by atoms with Crippen LogP contribution in [0.15, 0.2) is 59.5 Å². The van der Waals surface area contributed by atoms with E-state index in [9.17, 15) is 18.0 Å². The number of piperazine rings is 1. The van der Waals surface area contributed by atoms with Gasteiger partial charge in [-0.1, -0.05) is 36.8 Å². The Morgan fingerprint density at radius 1 is 0.857 bits per heavy atom. The third-order valence-electron chi connectivity index (χ3n) is 6.61. The molecular weight excluding hydrogens is 466 g/mol. The van der Waals surface area contributed by atoms with Gasteiger partial charge < -0.3 is 9.64 Å². The molecule has 2 heterocycles. The Balaban J connectivity index is 1.28. The van der Waals surface area contributed by atoms with Crippen LogP contribution < -0.4 is 0 Å². The number of nitrogens with zero attached hydrogens (tertiary/aromatic N) is 3. The van der Waals surface area contributed by atoms with Gasteiger partial charge in [0.2, 0.25) is 10.0 Å². The number of piperidine rings is 1. The molecule has 9 heteroatoms. The summed E-state index contributed by atoms with van der Waals surface area (Å²) < 4.78 is 32.5. The minimum absolute atomic E-state index is 0.161. The third kappa shape index (κ3) is 6.28. The zero-order chi connectivity index (χ0) is 24.8. The lowest BCUT2D eigenvalue weighted by molar-refractivity contribution is -0.141. The molecule has 0 N–H and O–H groups in total.